The maximum absolute atomic E-state index is 13.1. The fourth-order valence-electron chi connectivity index (χ4n) is 1.41. The highest BCUT2D eigenvalue weighted by molar-refractivity contribution is 5.63. The summed E-state index contributed by atoms with van der Waals surface area (Å²) in [5.74, 6) is -0.384. The molecule has 3 heteroatoms. The predicted octanol–water partition coefficient (Wildman–Crippen LogP) is 2.38. The summed E-state index contributed by atoms with van der Waals surface area (Å²) in [5.41, 5.74) is 2.07. The summed E-state index contributed by atoms with van der Waals surface area (Å²) in [7, 11) is 0. The van der Waals surface area contributed by atoms with E-state index < -0.39 is 0 Å². The van der Waals surface area contributed by atoms with Crippen LogP contribution >= 0.6 is 0 Å². The fraction of sp³-hybridized carbons (Fsp3) is 0.0833. The zero-order chi connectivity index (χ0) is 10.7. The molecule has 1 N–H and O–H groups in total. The highest BCUT2D eigenvalue weighted by atomic mass is 19.1. The van der Waals surface area contributed by atoms with E-state index >= 15 is 0 Å². The van der Waals surface area contributed by atoms with Gasteiger partial charge in [0.15, 0.2) is 0 Å². The summed E-state index contributed by atoms with van der Waals surface area (Å²) in [6.45, 7) is -0.292. The minimum atomic E-state index is -0.384. The van der Waals surface area contributed by atoms with Crippen LogP contribution in [0.15, 0.2) is 42.7 Å². The van der Waals surface area contributed by atoms with E-state index in [1.54, 1.807) is 24.5 Å². The number of benzene rings is 1. The van der Waals surface area contributed by atoms with E-state index in [2.05, 4.69) is 4.98 Å². The second-order valence-electron chi connectivity index (χ2n) is 3.21. The van der Waals surface area contributed by atoms with Crippen molar-refractivity contribution in [2.45, 2.75) is 6.61 Å². The number of pyridine rings is 1. The van der Waals surface area contributed by atoms with Crippen molar-refractivity contribution in [3.8, 4) is 11.1 Å². The van der Waals surface area contributed by atoms with Gasteiger partial charge in [0.05, 0.1) is 6.61 Å². The second kappa shape index (κ2) is 4.19. The van der Waals surface area contributed by atoms with E-state index in [1.165, 1.54) is 6.07 Å². The molecule has 15 heavy (non-hydrogen) atoms. The maximum Gasteiger partial charge on any atom is 0.128 e. The van der Waals surface area contributed by atoms with Gasteiger partial charge in [0.2, 0.25) is 0 Å². The molecule has 0 aliphatic heterocycles. The Labute approximate surface area is 87.0 Å². The molecular weight excluding hydrogens is 193 g/mol. The Bertz CT molecular complexity index is 456. The first kappa shape index (κ1) is 9.80. The standard InChI is InChI=1S/C12H10FNO/c13-12-4-3-9(6-11(12)8-15)10-2-1-5-14-7-10/h1-7,15H,8H2. The summed E-state index contributed by atoms with van der Waals surface area (Å²) >= 11 is 0. The molecule has 0 aliphatic carbocycles. The van der Waals surface area contributed by atoms with Crippen LogP contribution in [0, 0.1) is 5.82 Å². The Hall–Kier alpha value is -1.74. The Kier molecular flexibility index (Phi) is 2.74. The van der Waals surface area contributed by atoms with Gasteiger partial charge in [-0.25, -0.2) is 4.39 Å². The van der Waals surface area contributed by atoms with Gasteiger partial charge in [-0.1, -0.05) is 12.1 Å². The SMILES string of the molecule is OCc1cc(-c2cccnc2)ccc1F. The number of aliphatic hydroxyl groups is 1. The number of aromatic nitrogens is 1. The smallest absolute Gasteiger partial charge is 0.128 e. The lowest BCUT2D eigenvalue weighted by Crippen LogP contribution is -1.90. The molecular formula is C12H10FNO. The van der Waals surface area contributed by atoms with Gasteiger partial charge in [-0.3, -0.25) is 4.98 Å². The number of rotatable bonds is 2. The van der Waals surface area contributed by atoms with Crippen LogP contribution in [0.4, 0.5) is 4.39 Å². The summed E-state index contributed by atoms with van der Waals surface area (Å²) in [5, 5.41) is 8.93. The molecule has 2 rings (SSSR count). The Morgan fingerprint density at radius 2 is 2.07 bits per heavy atom. The lowest BCUT2D eigenvalue weighted by atomic mass is 10.0. The van der Waals surface area contributed by atoms with Crippen molar-refractivity contribution in [3.05, 3.63) is 54.1 Å². The number of hydrogen-bond acceptors (Lipinski definition) is 2. The van der Waals surface area contributed by atoms with Crippen molar-refractivity contribution >= 4 is 0 Å². The molecule has 0 saturated heterocycles. The summed E-state index contributed by atoms with van der Waals surface area (Å²) in [4.78, 5) is 3.98. The zero-order valence-electron chi connectivity index (χ0n) is 8.02. The van der Waals surface area contributed by atoms with Crippen molar-refractivity contribution < 1.29 is 9.50 Å². The molecule has 0 amide bonds. The van der Waals surface area contributed by atoms with Crippen molar-refractivity contribution in [2.75, 3.05) is 0 Å². The quantitative estimate of drug-likeness (QED) is 0.812. The molecule has 0 aliphatic rings. The van der Waals surface area contributed by atoms with Gasteiger partial charge in [-0.15, -0.1) is 0 Å². The van der Waals surface area contributed by atoms with Gasteiger partial charge in [0.25, 0.3) is 0 Å². The number of halogens is 1. The minimum Gasteiger partial charge on any atom is -0.392 e. The molecule has 0 saturated carbocycles. The van der Waals surface area contributed by atoms with Gasteiger partial charge in [0.1, 0.15) is 5.82 Å². The van der Waals surface area contributed by atoms with E-state index in [0.29, 0.717) is 5.56 Å². The highest BCUT2D eigenvalue weighted by Gasteiger charge is 2.03. The molecule has 2 aromatic rings. The van der Waals surface area contributed by atoms with E-state index in [1.807, 2.05) is 12.1 Å². The summed E-state index contributed by atoms with van der Waals surface area (Å²) in [6.07, 6.45) is 3.38. The van der Waals surface area contributed by atoms with E-state index in [9.17, 15) is 4.39 Å². The Morgan fingerprint density at radius 1 is 1.20 bits per heavy atom. The molecule has 2 nitrogen and oxygen atoms in total. The lowest BCUT2D eigenvalue weighted by Gasteiger charge is -2.04. The zero-order valence-corrected chi connectivity index (χ0v) is 8.02. The molecule has 0 bridgehead atoms. The van der Waals surface area contributed by atoms with Gasteiger partial charge < -0.3 is 5.11 Å². The highest BCUT2D eigenvalue weighted by Crippen LogP contribution is 2.20. The van der Waals surface area contributed by atoms with Crippen molar-refractivity contribution in [1.29, 1.82) is 0 Å². The fourth-order valence-corrected chi connectivity index (χ4v) is 1.41. The molecule has 0 unspecified atom stereocenters. The van der Waals surface area contributed by atoms with Crippen LogP contribution in [0.25, 0.3) is 11.1 Å². The third-order valence-electron chi connectivity index (χ3n) is 2.21. The Morgan fingerprint density at radius 3 is 2.73 bits per heavy atom. The van der Waals surface area contributed by atoms with Gasteiger partial charge in [-0.05, 0) is 23.8 Å². The van der Waals surface area contributed by atoms with Crippen LogP contribution in [-0.2, 0) is 6.61 Å². The first-order chi connectivity index (χ1) is 7.31. The largest absolute Gasteiger partial charge is 0.392 e. The molecule has 1 aromatic heterocycles. The molecule has 0 atom stereocenters. The molecule has 1 aromatic carbocycles. The molecule has 0 spiro atoms. The second-order valence-corrected chi connectivity index (χ2v) is 3.21. The topological polar surface area (TPSA) is 33.1 Å². The first-order valence-corrected chi connectivity index (χ1v) is 4.61. The van der Waals surface area contributed by atoms with Crippen molar-refractivity contribution in [3.63, 3.8) is 0 Å². The normalized spacial score (nSPS) is 10.3. The van der Waals surface area contributed by atoms with Gasteiger partial charge in [0, 0.05) is 23.5 Å². The van der Waals surface area contributed by atoms with E-state index in [-0.39, 0.29) is 12.4 Å². The number of aliphatic hydroxyl groups excluding tert-OH is 1. The van der Waals surface area contributed by atoms with Crippen LogP contribution in [0.3, 0.4) is 0 Å². The third-order valence-corrected chi connectivity index (χ3v) is 2.21. The van der Waals surface area contributed by atoms with E-state index in [4.69, 9.17) is 5.11 Å². The van der Waals surface area contributed by atoms with Crippen LogP contribution < -0.4 is 0 Å². The minimum absolute atomic E-state index is 0.292. The number of hydrogen-bond donors (Lipinski definition) is 1. The summed E-state index contributed by atoms with van der Waals surface area (Å²) in [6, 6.07) is 8.37. The number of nitrogens with zero attached hydrogens (tertiary/aromatic N) is 1. The van der Waals surface area contributed by atoms with Crippen LogP contribution in [0.2, 0.25) is 0 Å². The van der Waals surface area contributed by atoms with Crippen molar-refractivity contribution in [1.82, 2.24) is 4.98 Å². The van der Waals surface area contributed by atoms with Crippen LogP contribution in [0.5, 0.6) is 0 Å². The summed E-state index contributed by atoms with van der Waals surface area (Å²) < 4.78 is 13.1. The van der Waals surface area contributed by atoms with E-state index in [0.717, 1.165) is 11.1 Å². The lowest BCUT2D eigenvalue weighted by molar-refractivity contribution is 0.276. The first-order valence-electron chi connectivity index (χ1n) is 4.61. The molecule has 0 radical (unpaired) electrons. The van der Waals surface area contributed by atoms with Crippen LogP contribution in [-0.4, -0.2) is 10.1 Å². The predicted molar refractivity (Wildman–Crippen MR) is 55.6 cm³/mol. The van der Waals surface area contributed by atoms with Crippen molar-refractivity contribution in [2.24, 2.45) is 0 Å². The Balaban J connectivity index is 2.46. The maximum atomic E-state index is 13.1. The van der Waals surface area contributed by atoms with Gasteiger partial charge >= 0.3 is 0 Å². The molecule has 1 heterocycles. The average molecular weight is 203 g/mol. The van der Waals surface area contributed by atoms with Crippen LogP contribution in [0.1, 0.15) is 5.56 Å². The third kappa shape index (κ3) is 2.02. The van der Waals surface area contributed by atoms with Gasteiger partial charge in [-0.2, -0.15) is 0 Å². The molecule has 76 valence electrons. The average Bonchev–Trinajstić information content (AvgIpc) is 2.31. The monoisotopic (exact) mass is 203 g/mol. The molecule has 0 fully saturated rings.